The molecule has 1 heterocycles. The Bertz CT molecular complexity index is 392. The first-order chi connectivity index (χ1) is 7.31. The standard InChI is InChI=1S/C13H13NO/c1-2-3-8-13(15)12-9-10-6-4-5-7-11(10)14-12/h1,4-7,12,14H,3,8-9H2. The molecule has 2 nitrogen and oxygen atoms in total. The second-order valence-electron chi connectivity index (χ2n) is 3.73. The normalized spacial score (nSPS) is 17.7. The Balaban J connectivity index is 2.01. The minimum Gasteiger partial charge on any atom is -0.375 e. The average Bonchev–Trinajstić information content (AvgIpc) is 2.69. The molecule has 1 aromatic carbocycles. The summed E-state index contributed by atoms with van der Waals surface area (Å²) in [5, 5.41) is 3.22. The molecule has 0 saturated heterocycles. The average molecular weight is 199 g/mol. The Kier molecular flexibility index (Phi) is 2.73. The van der Waals surface area contributed by atoms with Gasteiger partial charge in [0.1, 0.15) is 0 Å². The van der Waals surface area contributed by atoms with Crippen molar-refractivity contribution in [1.82, 2.24) is 0 Å². The zero-order chi connectivity index (χ0) is 10.7. The van der Waals surface area contributed by atoms with Gasteiger partial charge < -0.3 is 5.32 Å². The third-order valence-electron chi connectivity index (χ3n) is 2.68. The van der Waals surface area contributed by atoms with Crippen LogP contribution in [-0.2, 0) is 11.2 Å². The summed E-state index contributed by atoms with van der Waals surface area (Å²) in [5.41, 5.74) is 2.30. The zero-order valence-electron chi connectivity index (χ0n) is 8.49. The Labute approximate surface area is 89.7 Å². The van der Waals surface area contributed by atoms with Crippen LogP contribution >= 0.6 is 0 Å². The lowest BCUT2D eigenvalue weighted by molar-refractivity contribution is -0.119. The van der Waals surface area contributed by atoms with Gasteiger partial charge in [-0.15, -0.1) is 12.3 Å². The first-order valence-electron chi connectivity index (χ1n) is 5.12. The quantitative estimate of drug-likeness (QED) is 0.754. The summed E-state index contributed by atoms with van der Waals surface area (Å²) in [6.07, 6.45) is 6.94. The Morgan fingerprint density at radius 3 is 3.07 bits per heavy atom. The number of carbonyl (C=O) groups excluding carboxylic acids is 1. The van der Waals surface area contributed by atoms with Crippen molar-refractivity contribution in [3.8, 4) is 12.3 Å². The van der Waals surface area contributed by atoms with Crippen LogP contribution in [0.4, 0.5) is 5.69 Å². The largest absolute Gasteiger partial charge is 0.375 e. The zero-order valence-corrected chi connectivity index (χ0v) is 8.49. The summed E-state index contributed by atoms with van der Waals surface area (Å²) in [4.78, 5) is 11.7. The van der Waals surface area contributed by atoms with Crippen LogP contribution in [0.25, 0.3) is 0 Å². The van der Waals surface area contributed by atoms with Gasteiger partial charge in [-0.2, -0.15) is 0 Å². The van der Waals surface area contributed by atoms with Crippen molar-refractivity contribution < 1.29 is 4.79 Å². The molecule has 0 aromatic heterocycles. The van der Waals surface area contributed by atoms with E-state index < -0.39 is 0 Å². The van der Waals surface area contributed by atoms with E-state index in [1.165, 1.54) is 5.56 Å². The van der Waals surface area contributed by atoms with Crippen molar-refractivity contribution in [2.45, 2.75) is 25.3 Å². The van der Waals surface area contributed by atoms with Gasteiger partial charge in [0.25, 0.3) is 0 Å². The van der Waals surface area contributed by atoms with Crippen LogP contribution in [0.1, 0.15) is 18.4 Å². The molecule has 1 aliphatic rings. The SMILES string of the molecule is C#CCCC(=O)C1Cc2ccccc2N1. The number of ketones is 1. The summed E-state index contributed by atoms with van der Waals surface area (Å²) in [6.45, 7) is 0. The van der Waals surface area contributed by atoms with Gasteiger partial charge in [0, 0.05) is 24.9 Å². The number of hydrogen-bond acceptors (Lipinski definition) is 2. The Hall–Kier alpha value is -1.75. The molecular weight excluding hydrogens is 186 g/mol. The maximum atomic E-state index is 11.7. The molecule has 0 spiro atoms. The van der Waals surface area contributed by atoms with E-state index in [0.29, 0.717) is 12.8 Å². The van der Waals surface area contributed by atoms with E-state index in [0.717, 1.165) is 12.1 Å². The first kappa shape index (κ1) is 9.79. The van der Waals surface area contributed by atoms with Crippen molar-refractivity contribution >= 4 is 11.5 Å². The second-order valence-corrected chi connectivity index (χ2v) is 3.73. The van der Waals surface area contributed by atoms with Gasteiger partial charge in [0.2, 0.25) is 0 Å². The fourth-order valence-corrected chi connectivity index (χ4v) is 1.86. The molecule has 1 N–H and O–H groups in total. The topological polar surface area (TPSA) is 29.1 Å². The molecule has 1 aliphatic heterocycles. The fourth-order valence-electron chi connectivity index (χ4n) is 1.86. The number of benzene rings is 1. The third kappa shape index (κ3) is 2.02. The lowest BCUT2D eigenvalue weighted by Gasteiger charge is -2.08. The predicted octanol–water partition coefficient (Wildman–Crippen LogP) is 2.01. The molecule has 15 heavy (non-hydrogen) atoms. The highest BCUT2D eigenvalue weighted by Crippen LogP contribution is 2.25. The molecule has 1 atom stereocenters. The molecule has 2 rings (SSSR count). The van der Waals surface area contributed by atoms with Gasteiger partial charge in [-0.05, 0) is 11.6 Å². The van der Waals surface area contributed by atoms with Crippen molar-refractivity contribution in [3.05, 3.63) is 29.8 Å². The van der Waals surface area contributed by atoms with Crippen LogP contribution in [0.15, 0.2) is 24.3 Å². The number of nitrogens with one attached hydrogen (secondary N) is 1. The van der Waals surface area contributed by atoms with Gasteiger partial charge >= 0.3 is 0 Å². The maximum Gasteiger partial charge on any atom is 0.156 e. The number of carbonyl (C=O) groups is 1. The van der Waals surface area contributed by atoms with E-state index in [1.54, 1.807) is 0 Å². The highest BCUT2D eigenvalue weighted by atomic mass is 16.1. The van der Waals surface area contributed by atoms with Gasteiger partial charge in [-0.25, -0.2) is 0 Å². The van der Waals surface area contributed by atoms with E-state index in [1.807, 2.05) is 18.2 Å². The van der Waals surface area contributed by atoms with E-state index in [4.69, 9.17) is 6.42 Å². The molecule has 0 radical (unpaired) electrons. The van der Waals surface area contributed by atoms with Crippen LogP contribution in [0.2, 0.25) is 0 Å². The number of fused-ring (bicyclic) bond motifs is 1. The lowest BCUT2D eigenvalue weighted by Crippen LogP contribution is -2.26. The molecule has 76 valence electrons. The maximum absolute atomic E-state index is 11.7. The molecule has 0 bridgehead atoms. The molecule has 1 unspecified atom stereocenters. The number of hydrogen-bond donors (Lipinski definition) is 1. The van der Waals surface area contributed by atoms with Gasteiger partial charge in [0.05, 0.1) is 6.04 Å². The molecule has 0 amide bonds. The van der Waals surface area contributed by atoms with Crippen molar-refractivity contribution in [3.63, 3.8) is 0 Å². The lowest BCUT2D eigenvalue weighted by atomic mass is 10.0. The summed E-state index contributed by atoms with van der Waals surface area (Å²) in [6, 6.07) is 7.95. The predicted molar refractivity (Wildman–Crippen MR) is 60.6 cm³/mol. The van der Waals surface area contributed by atoms with E-state index in [9.17, 15) is 4.79 Å². The number of para-hydroxylation sites is 1. The smallest absolute Gasteiger partial charge is 0.156 e. The first-order valence-corrected chi connectivity index (χ1v) is 5.12. The fraction of sp³-hybridized carbons (Fsp3) is 0.308. The molecule has 0 saturated carbocycles. The summed E-state index contributed by atoms with van der Waals surface area (Å²) >= 11 is 0. The highest BCUT2D eigenvalue weighted by molar-refractivity contribution is 5.89. The number of terminal acetylenes is 1. The van der Waals surface area contributed by atoms with Crippen LogP contribution in [0, 0.1) is 12.3 Å². The van der Waals surface area contributed by atoms with Gasteiger partial charge in [-0.1, -0.05) is 18.2 Å². The van der Waals surface area contributed by atoms with Crippen molar-refractivity contribution in [2.75, 3.05) is 5.32 Å². The number of anilines is 1. The molecule has 0 aliphatic carbocycles. The summed E-state index contributed by atoms with van der Waals surface area (Å²) < 4.78 is 0. The van der Waals surface area contributed by atoms with Crippen LogP contribution in [0.5, 0.6) is 0 Å². The van der Waals surface area contributed by atoms with E-state index in [2.05, 4.69) is 17.3 Å². The molecule has 1 aromatic rings. The number of rotatable bonds is 3. The summed E-state index contributed by atoms with van der Waals surface area (Å²) in [5.74, 6) is 2.71. The molecule has 0 fully saturated rings. The minimum absolute atomic E-state index is 0.0734. The van der Waals surface area contributed by atoms with E-state index in [-0.39, 0.29) is 11.8 Å². The monoisotopic (exact) mass is 199 g/mol. The van der Waals surface area contributed by atoms with Crippen LogP contribution in [-0.4, -0.2) is 11.8 Å². The molecule has 2 heteroatoms. The minimum atomic E-state index is -0.0734. The van der Waals surface area contributed by atoms with Gasteiger partial charge in [0.15, 0.2) is 5.78 Å². The van der Waals surface area contributed by atoms with Crippen molar-refractivity contribution in [2.24, 2.45) is 0 Å². The van der Waals surface area contributed by atoms with Crippen molar-refractivity contribution in [1.29, 1.82) is 0 Å². The molecular formula is C13H13NO. The highest BCUT2D eigenvalue weighted by Gasteiger charge is 2.25. The van der Waals surface area contributed by atoms with E-state index >= 15 is 0 Å². The second kappa shape index (κ2) is 4.18. The van der Waals surface area contributed by atoms with Crippen LogP contribution < -0.4 is 5.32 Å². The third-order valence-corrected chi connectivity index (χ3v) is 2.68. The Morgan fingerprint density at radius 2 is 2.33 bits per heavy atom. The van der Waals surface area contributed by atoms with Crippen LogP contribution in [0.3, 0.4) is 0 Å². The number of Topliss-reactive ketones (excluding diaryl/α,β-unsaturated/α-hetero) is 1. The summed E-state index contributed by atoms with van der Waals surface area (Å²) in [7, 11) is 0. The van der Waals surface area contributed by atoms with Gasteiger partial charge in [-0.3, -0.25) is 4.79 Å². The Morgan fingerprint density at radius 1 is 1.53 bits per heavy atom.